The van der Waals surface area contributed by atoms with Gasteiger partial charge in [-0.1, -0.05) is 0 Å². The summed E-state index contributed by atoms with van der Waals surface area (Å²) in [6.07, 6.45) is -0.711. The molecule has 1 saturated carbocycles. The molecular formula is C12H15F3N2O. The smallest absolute Gasteiger partial charge is 0.396 e. The van der Waals surface area contributed by atoms with Crippen LogP contribution in [-0.4, -0.2) is 23.2 Å². The van der Waals surface area contributed by atoms with Gasteiger partial charge in [0.15, 0.2) is 0 Å². The highest BCUT2D eigenvalue weighted by Crippen LogP contribution is 2.48. The zero-order chi connectivity index (χ0) is 13.2. The van der Waals surface area contributed by atoms with Crippen molar-refractivity contribution in [1.29, 1.82) is 0 Å². The second-order valence-corrected chi connectivity index (χ2v) is 4.76. The van der Waals surface area contributed by atoms with E-state index < -0.39 is 11.7 Å². The second-order valence-electron chi connectivity index (χ2n) is 4.76. The number of nitrogens with zero attached hydrogens (tertiary/aromatic N) is 1. The summed E-state index contributed by atoms with van der Waals surface area (Å²) in [5.74, 6) is 0.437. The Morgan fingerprint density at radius 2 is 2.06 bits per heavy atom. The fourth-order valence-corrected chi connectivity index (χ4v) is 1.87. The van der Waals surface area contributed by atoms with Crippen LogP contribution in [0.5, 0.6) is 0 Å². The molecule has 1 fully saturated rings. The van der Waals surface area contributed by atoms with Gasteiger partial charge in [-0.05, 0) is 36.8 Å². The normalized spacial score (nSPS) is 17.6. The molecule has 18 heavy (non-hydrogen) atoms. The van der Waals surface area contributed by atoms with Gasteiger partial charge >= 0.3 is 6.18 Å². The van der Waals surface area contributed by atoms with E-state index in [0.29, 0.717) is 12.4 Å². The Bertz CT molecular complexity index is 399. The molecule has 1 aromatic heterocycles. The Kier molecular flexibility index (Phi) is 3.47. The molecule has 0 atom stereocenters. The Balaban J connectivity index is 1.91. The van der Waals surface area contributed by atoms with Crippen molar-refractivity contribution >= 4 is 5.82 Å². The summed E-state index contributed by atoms with van der Waals surface area (Å²) in [5, 5.41) is 11.9. The lowest BCUT2D eigenvalue weighted by Gasteiger charge is -2.15. The van der Waals surface area contributed by atoms with Crippen LogP contribution in [-0.2, 0) is 6.18 Å². The quantitative estimate of drug-likeness (QED) is 0.855. The van der Waals surface area contributed by atoms with Crippen LogP contribution in [0.1, 0.15) is 24.8 Å². The molecule has 6 heteroatoms. The minimum absolute atomic E-state index is 0.110. The van der Waals surface area contributed by atoms with Crippen molar-refractivity contribution in [2.75, 3.05) is 18.5 Å². The summed E-state index contributed by atoms with van der Waals surface area (Å²) >= 11 is 0. The summed E-state index contributed by atoms with van der Waals surface area (Å²) in [4.78, 5) is 3.74. The van der Waals surface area contributed by atoms with E-state index >= 15 is 0 Å². The van der Waals surface area contributed by atoms with E-state index in [4.69, 9.17) is 5.11 Å². The van der Waals surface area contributed by atoms with Crippen LogP contribution < -0.4 is 5.32 Å². The number of aliphatic hydroxyl groups is 1. The van der Waals surface area contributed by atoms with Crippen LogP contribution >= 0.6 is 0 Å². The van der Waals surface area contributed by atoms with Crippen molar-refractivity contribution in [2.45, 2.75) is 25.4 Å². The number of halogens is 3. The average Bonchev–Trinajstić information content (AvgIpc) is 3.07. The first kappa shape index (κ1) is 13.1. The molecule has 0 saturated heterocycles. The van der Waals surface area contributed by atoms with E-state index in [1.807, 2.05) is 0 Å². The van der Waals surface area contributed by atoms with Crippen LogP contribution in [0.3, 0.4) is 0 Å². The molecule has 2 rings (SSSR count). The molecule has 1 aromatic rings. The van der Waals surface area contributed by atoms with E-state index in [0.717, 1.165) is 31.5 Å². The summed E-state index contributed by atoms with van der Waals surface area (Å²) < 4.78 is 37.0. The molecule has 1 aliphatic carbocycles. The fourth-order valence-electron chi connectivity index (χ4n) is 1.87. The third-order valence-electron chi connectivity index (χ3n) is 3.33. The maximum atomic E-state index is 12.3. The predicted molar refractivity (Wildman–Crippen MR) is 61.1 cm³/mol. The molecule has 1 aliphatic rings. The van der Waals surface area contributed by atoms with Gasteiger partial charge in [0, 0.05) is 19.3 Å². The Labute approximate surface area is 103 Å². The lowest BCUT2D eigenvalue weighted by molar-refractivity contribution is -0.137. The van der Waals surface area contributed by atoms with Gasteiger partial charge in [-0.25, -0.2) is 4.98 Å². The van der Waals surface area contributed by atoms with E-state index in [1.165, 1.54) is 6.07 Å². The first-order chi connectivity index (χ1) is 8.45. The van der Waals surface area contributed by atoms with Crippen molar-refractivity contribution in [2.24, 2.45) is 5.41 Å². The summed E-state index contributed by atoms with van der Waals surface area (Å²) in [5.41, 5.74) is -0.636. The van der Waals surface area contributed by atoms with Gasteiger partial charge in [-0.15, -0.1) is 0 Å². The molecule has 0 radical (unpaired) electrons. The summed E-state index contributed by atoms with van der Waals surface area (Å²) in [7, 11) is 0. The number of nitrogens with one attached hydrogen (secondary N) is 1. The molecule has 0 amide bonds. The summed E-state index contributed by atoms with van der Waals surface area (Å²) in [6, 6.07) is 2.35. The molecule has 3 nitrogen and oxygen atoms in total. The molecule has 1 heterocycles. The topological polar surface area (TPSA) is 45.1 Å². The van der Waals surface area contributed by atoms with Crippen molar-refractivity contribution in [1.82, 2.24) is 4.98 Å². The third-order valence-corrected chi connectivity index (χ3v) is 3.33. The lowest BCUT2D eigenvalue weighted by Crippen LogP contribution is -2.17. The van der Waals surface area contributed by atoms with Gasteiger partial charge in [-0.3, -0.25) is 0 Å². The zero-order valence-electron chi connectivity index (χ0n) is 9.80. The van der Waals surface area contributed by atoms with Gasteiger partial charge < -0.3 is 10.4 Å². The van der Waals surface area contributed by atoms with Crippen LogP contribution in [0.4, 0.5) is 19.0 Å². The maximum absolute atomic E-state index is 12.3. The van der Waals surface area contributed by atoms with Gasteiger partial charge in [0.25, 0.3) is 0 Å². The number of aromatic nitrogens is 1. The fraction of sp³-hybridized carbons (Fsp3) is 0.583. The predicted octanol–water partition coefficient (Wildman–Crippen LogP) is 2.67. The third kappa shape index (κ3) is 3.13. The maximum Gasteiger partial charge on any atom is 0.417 e. The van der Waals surface area contributed by atoms with Crippen LogP contribution in [0, 0.1) is 5.41 Å². The number of rotatable bonds is 5. The molecule has 0 aromatic carbocycles. The van der Waals surface area contributed by atoms with Crippen LogP contribution in [0.15, 0.2) is 18.3 Å². The second kappa shape index (κ2) is 4.76. The van der Waals surface area contributed by atoms with Crippen molar-refractivity contribution in [3.05, 3.63) is 23.9 Å². The van der Waals surface area contributed by atoms with E-state index in [1.54, 1.807) is 0 Å². The van der Waals surface area contributed by atoms with Crippen molar-refractivity contribution in [3.8, 4) is 0 Å². The number of hydrogen-bond donors (Lipinski definition) is 2. The van der Waals surface area contributed by atoms with Crippen LogP contribution in [0.25, 0.3) is 0 Å². The first-order valence-corrected chi connectivity index (χ1v) is 5.83. The van der Waals surface area contributed by atoms with E-state index in [9.17, 15) is 13.2 Å². The standard InChI is InChI=1S/C12H15F3N2O/c13-12(14,15)9-1-2-10(16-7-9)17-8-11(3-4-11)5-6-18/h1-2,7,18H,3-6,8H2,(H,16,17). The number of pyridine rings is 1. The number of anilines is 1. The SMILES string of the molecule is OCCC1(CNc2ccc(C(F)(F)F)cn2)CC1. The molecule has 2 N–H and O–H groups in total. The highest BCUT2D eigenvalue weighted by atomic mass is 19.4. The Morgan fingerprint density at radius 1 is 1.33 bits per heavy atom. The molecule has 0 aliphatic heterocycles. The van der Waals surface area contributed by atoms with E-state index in [-0.39, 0.29) is 12.0 Å². The Hall–Kier alpha value is -1.30. The molecule has 0 unspecified atom stereocenters. The zero-order valence-corrected chi connectivity index (χ0v) is 9.80. The Morgan fingerprint density at radius 3 is 2.50 bits per heavy atom. The monoisotopic (exact) mass is 260 g/mol. The van der Waals surface area contributed by atoms with Crippen molar-refractivity contribution < 1.29 is 18.3 Å². The van der Waals surface area contributed by atoms with Crippen LogP contribution in [0.2, 0.25) is 0 Å². The van der Waals surface area contributed by atoms with Gasteiger partial charge in [-0.2, -0.15) is 13.2 Å². The molecule has 0 bridgehead atoms. The highest BCUT2D eigenvalue weighted by Gasteiger charge is 2.41. The molecular weight excluding hydrogens is 245 g/mol. The highest BCUT2D eigenvalue weighted by molar-refractivity contribution is 5.36. The number of alkyl halides is 3. The minimum Gasteiger partial charge on any atom is -0.396 e. The number of aliphatic hydroxyl groups excluding tert-OH is 1. The van der Waals surface area contributed by atoms with Crippen molar-refractivity contribution in [3.63, 3.8) is 0 Å². The average molecular weight is 260 g/mol. The first-order valence-electron chi connectivity index (χ1n) is 5.83. The number of hydrogen-bond acceptors (Lipinski definition) is 3. The van der Waals surface area contributed by atoms with E-state index in [2.05, 4.69) is 10.3 Å². The minimum atomic E-state index is -4.35. The molecule has 100 valence electrons. The van der Waals surface area contributed by atoms with Gasteiger partial charge in [0.2, 0.25) is 0 Å². The summed E-state index contributed by atoms with van der Waals surface area (Å²) in [6.45, 7) is 0.786. The largest absolute Gasteiger partial charge is 0.417 e. The van der Waals surface area contributed by atoms with Gasteiger partial charge in [0.05, 0.1) is 5.56 Å². The lowest BCUT2D eigenvalue weighted by atomic mass is 10.0. The van der Waals surface area contributed by atoms with Gasteiger partial charge in [0.1, 0.15) is 5.82 Å². The molecule has 0 spiro atoms.